The average molecular weight is 252 g/mol. The molecule has 1 heterocycles. The Morgan fingerprint density at radius 1 is 0.737 bits per heavy atom. The summed E-state index contributed by atoms with van der Waals surface area (Å²) < 4.78 is 0. The van der Waals surface area contributed by atoms with Crippen LogP contribution in [0.3, 0.4) is 0 Å². The Hall–Kier alpha value is -1.64. The summed E-state index contributed by atoms with van der Waals surface area (Å²) in [6.45, 7) is 0. The van der Waals surface area contributed by atoms with E-state index in [1.807, 2.05) is 5.01 Å². The minimum Gasteiger partial charge on any atom is -0.268 e. The van der Waals surface area contributed by atoms with E-state index in [9.17, 15) is 0 Å². The van der Waals surface area contributed by atoms with E-state index in [4.69, 9.17) is 5.84 Å². The van der Waals surface area contributed by atoms with Gasteiger partial charge in [-0.15, -0.1) is 0 Å². The molecule has 0 radical (unpaired) electrons. The summed E-state index contributed by atoms with van der Waals surface area (Å²) in [4.78, 5) is 0. The van der Waals surface area contributed by atoms with Gasteiger partial charge in [-0.3, -0.25) is 5.84 Å². The number of benzene rings is 2. The summed E-state index contributed by atoms with van der Waals surface area (Å²) in [6.07, 6.45) is 3.51. The van der Waals surface area contributed by atoms with Crippen molar-refractivity contribution in [1.82, 2.24) is 5.01 Å². The molecule has 1 saturated heterocycles. The molecule has 1 fully saturated rings. The van der Waals surface area contributed by atoms with Crippen molar-refractivity contribution in [2.75, 3.05) is 0 Å². The van der Waals surface area contributed by atoms with Gasteiger partial charge in [-0.2, -0.15) is 0 Å². The molecule has 19 heavy (non-hydrogen) atoms. The highest BCUT2D eigenvalue weighted by Gasteiger charge is 2.29. The van der Waals surface area contributed by atoms with E-state index in [1.165, 1.54) is 17.5 Å². The van der Waals surface area contributed by atoms with Crippen LogP contribution in [0.4, 0.5) is 0 Å². The highest BCUT2D eigenvalue weighted by molar-refractivity contribution is 5.23. The first-order valence-electron chi connectivity index (χ1n) is 6.99. The molecule has 2 atom stereocenters. The number of rotatable bonds is 2. The fourth-order valence-electron chi connectivity index (χ4n) is 3.05. The lowest BCUT2D eigenvalue weighted by atomic mass is 9.89. The molecule has 0 aliphatic carbocycles. The summed E-state index contributed by atoms with van der Waals surface area (Å²) in [7, 11) is 0. The Bertz CT molecular complexity index is 462. The van der Waals surface area contributed by atoms with Crippen molar-refractivity contribution < 1.29 is 0 Å². The molecular formula is C17H20N2. The predicted octanol–water partition coefficient (Wildman–Crippen LogP) is 3.83. The maximum Gasteiger partial charge on any atom is 0.0497 e. The quantitative estimate of drug-likeness (QED) is 0.823. The number of hydrogen-bond donors (Lipinski definition) is 1. The van der Waals surface area contributed by atoms with Crippen LogP contribution in [-0.4, -0.2) is 5.01 Å². The van der Waals surface area contributed by atoms with Gasteiger partial charge >= 0.3 is 0 Å². The molecule has 0 unspecified atom stereocenters. The van der Waals surface area contributed by atoms with Crippen LogP contribution >= 0.6 is 0 Å². The second kappa shape index (κ2) is 5.55. The van der Waals surface area contributed by atoms with Crippen molar-refractivity contribution in [3.63, 3.8) is 0 Å². The second-order valence-electron chi connectivity index (χ2n) is 5.23. The topological polar surface area (TPSA) is 29.3 Å². The molecule has 0 saturated carbocycles. The molecule has 2 aromatic rings. The normalized spacial score (nSPS) is 24.3. The summed E-state index contributed by atoms with van der Waals surface area (Å²) in [5.74, 6) is 6.42. The highest BCUT2D eigenvalue weighted by Crippen LogP contribution is 2.38. The fraction of sp³-hybridized carbons (Fsp3) is 0.294. The Morgan fingerprint density at radius 3 is 1.58 bits per heavy atom. The van der Waals surface area contributed by atoms with Crippen LogP contribution in [0, 0.1) is 0 Å². The zero-order valence-electron chi connectivity index (χ0n) is 11.1. The van der Waals surface area contributed by atoms with Crippen LogP contribution in [-0.2, 0) is 0 Å². The minimum absolute atomic E-state index is 0.333. The maximum atomic E-state index is 6.42. The molecule has 0 bridgehead atoms. The number of hydrazine groups is 1. The first-order valence-corrected chi connectivity index (χ1v) is 6.99. The maximum absolute atomic E-state index is 6.42. The van der Waals surface area contributed by atoms with E-state index in [0.717, 1.165) is 12.8 Å². The largest absolute Gasteiger partial charge is 0.268 e. The predicted molar refractivity (Wildman–Crippen MR) is 78.2 cm³/mol. The van der Waals surface area contributed by atoms with E-state index in [0.29, 0.717) is 12.1 Å². The second-order valence-corrected chi connectivity index (χ2v) is 5.23. The average Bonchev–Trinajstić information content (AvgIpc) is 2.49. The Morgan fingerprint density at radius 2 is 1.16 bits per heavy atom. The van der Waals surface area contributed by atoms with Crippen molar-refractivity contribution in [3.05, 3.63) is 71.8 Å². The van der Waals surface area contributed by atoms with Crippen LogP contribution in [0.15, 0.2) is 60.7 Å². The van der Waals surface area contributed by atoms with Crippen LogP contribution in [0.1, 0.15) is 42.5 Å². The van der Waals surface area contributed by atoms with Gasteiger partial charge in [0.2, 0.25) is 0 Å². The molecule has 2 N–H and O–H groups in total. The van der Waals surface area contributed by atoms with Crippen LogP contribution in [0.5, 0.6) is 0 Å². The van der Waals surface area contributed by atoms with E-state index in [2.05, 4.69) is 60.7 Å². The van der Waals surface area contributed by atoms with E-state index in [1.54, 1.807) is 0 Å². The fourth-order valence-corrected chi connectivity index (χ4v) is 3.05. The highest BCUT2D eigenvalue weighted by atomic mass is 15.4. The molecule has 98 valence electrons. The van der Waals surface area contributed by atoms with Gasteiger partial charge in [-0.1, -0.05) is 60.7 Å². The Balaban J connectivity index is 1.86. The lowest BCUT2D eigenvalue weighted by Crippen LogP contribution is -2.41. The molecule has 1 aliphatic heterocycles. The van der Waals surface area contributed by atoms with Crippen molar-refractivity contribution in [2.24, 2.45) is 5.84 Å². The molecule has 0 spiro atoms. The van der Waals surface area contributed by atoms with Crippen LogP contribution in [0.2, 0.25) is 0 Å². The molecule has 2 nitrogen and oxygen atoms in total. The summed E-state index contributed by atoms with van der Waals surface area (Å²) >= 11 is 0. The smallest absolute Gasteiger partial charge is 0.0497 e. The molecule has 2 heteroatoms. The van der Waals surface area contributed by atoms with E-state index < -0.39 is 0 Å². The number of nitrogens with two attached hydrogens (primary N) is 1. The monoisotopic (exact) mass is 252 g/mol. The molecule has 0 aromatic heterocycles. The van der Waals surface area contributed by atoms with Gasteiger partial charge in [0.25, 0.3) is 0 Å². The lowest BCUT2D eigenvalue weighted by molar-refractivity contribution is 0.0825. The van der Waals surface area contributed by atoms with Gasteiger partial charge < -0.3 is 0 Å². The van der Waals surface area contributed by atoms with Gasteiger partial charge in [0.05, 0.1) is 0 Å². The molecule has 3 rings (SSSR count). The zero-order chi connectivity index (χ0) is 13.1. The van der Waals surface area contributed by atoms with E-state index >= 15 is 0 Å². The van der Waals surface area contributed by atoms with Crippen molar-refractivity contribution in [1.29, 1.82) is 0 Å². The summed E-state index contributed by atoms with van der Waals surface area (Å²) in [5, 5.41) is 2.05. The van der Waals surface area contributed by atoms with Gasteiger partial charge in [0.15, 0.2) is 0 Å². The third-order valence-electron chi connectivity index (χ3n) is 4.04. The molecule has 1 aliphatic rings. The first-order chi connectivity index (χ1) is 9.36. The molecule has 0 amide bonds. The Labute approximate surface area is 114 Å². The van der Waals surface area contributed by atoms with Gasteiger partial charge in [-0.05, 0) is 30.4 Å². The van der Waals surface area contributed by atoms with E-state index in [-0.39, 0.29) is 0 Å². The van der Waals surface area contributed by atoms with Crippen LogP contribution in [0.25, 0.3) is 0 Å². The van der Waals surface area contributed by atoms with Crippen molar-refractivity contribution >= 4 is 0 Å². The zero-order valence-corrected chi connectivity index (χ0v) is 11.1. The Kier molecular flexibility index (Phi) is 3.62. The summed E-state index contributed by atoms with van der Waals surface area (Å²) in [6, 6.07) is 21.9. The molecular weight excluding hydrogens is 232 g/mol. The SMILES string of the molecule is NN1[C@H](c2ccccc2)CCC[C@H]1c1ccccc1. The number of nitrogens with zero attached hydrogens (tertiary/aromatic N) is 1. The van der Waals surface area contributed by atoms with Crippen LogP contribution < -0.4 is 5.84 Å². The standard InChI is InChI=1S/C17H20N2/c18-19-16(14-8-3-1-4-9-14)12-7-13-17(19)15-10-5-2-6-11-15/h1-6,8-11,16-17H,7,12-13,18H2/t16-,17-/m0/s1. The number of hydrogen-bond acceptors (Lipinski definition) is 2. The van der Waals surface area contributed by atoms with Crippen molar-refractivity contribution in [2.45, 2.75) is 31.3 Å². The van der Waals surface area contributed by atoms with Crippen molar-refractivity contribution in [3.8, 4) is 0 Å². The lowest BCUT2D eigenvalue weighted by Gasteiger charge is -2.39. The van der Waals surface area contributed by atoms with Gasteiger partial charge in [-0.25, -0.2) is 5.01 Å². The third-order valence-corrected chi connectivity index (χ3v) is 4.04. The molecule has 2 aromatic carbocycles. The minimum atomic E-state index is 0.333. The van der Waals surface area contributed by atoms with Gasteiger partial charge in [0.1, 0.15) is 0 Å². The third kappa shape index (κ3) is 2.55. The number of piperidine rings is 1. The first kappa shape index (κ1) is 12.4. The summed E-state index contributed by atoms with van der Waals surface area (Å²) in [5.41, 5.74) is 2.65. The van der Waals surface area contributed by atoms with Gasteiger partial charge in [0, 0.05) is 12.1 Å².